The van der Waals surface area contributed by atoms with Gasteiger partial charge in [-0.25, -0.2) is 4.79 Å². The van der Waals surface area contributed by atoms with Gasteiger partial charge in [-0.1, -0.05) is 39.5 Å². The maximum atomic E-state index is 10.5. The number of rotatable bonds is 8. The fraction of sp³-hybridized carbons (Fsp3) is 0.909. The van der Waals surface area contributed by atoms with Crippen LogP contribution in [0.4, 0.5) is 4.79 Å². The zero-order valence-corrected chi connectivity index (χ0v) is 9.51. The zero-order chi connectivity index (χ0) is 10.8. The molecule has 0 aliphatic heterocycles. The molecule has 0 heterocycles. The van der Waals surface area contributed by atoms with E-state index in [9.17, 15) is 4.79 Å². The van der Waals surface area contributed by atoms with Gasteiger partial charge in [-0.15, -0.1) is 0 Å². The second kappa shape index (κ2) is 8.85. The highest BCUT2D eigenvalue weighted by atomic mass is 16.2. The molecule has 0 aliphatic rings. The van der Waals surface area contributed by atoms with Crippen LogP contribution in [-0.2, 0) is 0 Å². The van der Waals surface area contributed by atoms with Crippen LogP contribution in [0, 0.1) is 5.92 Å². The van der Waals surface area contributed by atoms with Gasteiger partial charge in [0.05, 0.1) is 0 Å². The van der Waals surface area contributed by atoms with Gasteiger partial charge in [0.25, 0.3) is 0 Å². The molecule has 0 aromatic carbocycles. The quantitative estimate of drug-likeness (QED) is 0.581. The Bertz CT molecular complexity index is 148. The number of nitrogens with one attached hydrogen (secondary N) is 1. The van der Waals surface area contributed by atoms with Crippen LogP contribution in [0.1, 0.15) is 52.4 Å². The Labute approximate surface area is 87.4 Å². The summed E-state index contributed by atoms with van der Waals surface area (Å²) in [6, 6.07) is -0.401. The summed E-state index contributed by atoms with van der Waals surface area (Å²) in [4.78, 5) is 10.5. The van der Waals surface area contributed by atoms with Gasteiger partial charge in [0.1, 0.15) is 0 Å². The van der Waals surface area contributed by atoms with Crippen molar-refractivity contribution in [3.8, 4) is 0 Å². The molecule has 0 fully saturated rings. The van der Waals surface area contributed by atoms with Crippen LogP contribution >= 0.6 is 0 Å². The van der Waals surface area contributed by atoms with Gasteiger partial charge < -0.3 is 11.1 Å². The number of primary amides is 1. The predicted molar refractivity (Wildman–Crippen MR) is 60.1 cm³/mol. The molecule has 0 aromatic rings. The Morgan fingerprint density at radius 3 is 2.43 bits per heavy atom. The molecule has 1 unspecified atom stereocenters. The van der Waals surface area contributed by atoms with Crippen LogP contribution in [0.25, 0.3) is 0 Å². The minimum Gasteiger partial charge on any atom is -0.352 e. The summed E-state index contributed by atoms with van der Waals surface area (Å²) < 4.78 is 0. The standard InChI is InChI=1S/C11H24N2O/c1-3-5-6-8-10(7-4-2)9-13-11(12)14/h10H,3-9H2,1-2H3,(H3,12,13,14). The van der Waals surface area contributed by atoms with Crippen LogP contribution < -0.4 is 11.1 Å². The summed E-state index contributed by atoms with van der Waals surface area (Å²) >= 11 is 0. The smallest absolute Gasteiger partial charge is 0.312 e. The number of amides is 2. The van der Waals surface area contributed by atoms with E-state index in [0.29, 0.717) is 5.92 Å². The number of unbranched alkanes of at least 4 members (excludes halogenated alkanes) is 2. The topological polar surface area (TPSA) is 55.1 Å². The van der Waals surface area contributed by atoms with E-state index < -0.39 is 6.03 Å². The van der Waals surface area contributed by atoms with E-state index in [2.05, 4.69) is 19.2 Å². The number of nitrogens with two attached hydrogens (primary N) is 1. The number of hydrogen-bond donors (Lipinski definition) is 2. The largest absolute Gasteiger partial charge is 0.352 e. The second-order valence-corrected chi connectivity index (χ2v) is 3.90. The van der Waals surface area contributed by atoms with Crippen molar-refractivity contribution in [1.29, 1.82) is 0 Å². The van der Waals surface area contributed by atoms with Crippen molar-refractivity contribution in [2.45, 2.75) is 52.4 Å². The van der Waals surface area contributed by atoms with Gasteiger partial charge in [0, 0.05) is 6.54 Å². The van der Waals surface area contributed by atoms with Crippen molar-refractivity contribution in [3.63, 3.8) is 0 Å². The summed E-state index contributed by atoms with van der Waals surface area (Å²) in [6.45, 7) is 5.13. The summed E-state index contributed by atoms with van der Waals surface area (Å²) in [5, 5.41) is 2.70. The number of hydrogen-bond acceptors (Lipinski definition) is 1. The highest BCUT2D eigenvalue weighted by Crippen LogP contribution is 2.14. The highest BCUT2D eigenvalue weighted by Gasteiger charge is 2.07. The minimum absolute atomic E-state index is 0.401. The van der Waals surface area contributed by atoms with Crippen molar-refractivity contribution in [2.75, 3.05) is 6.54 Å². The molecule has 0 aromatic heterocycles. The molecular formula is C11H24N2O. The Morgan fingerprint density at radius 1 is 1.21 bits per heavy atom. The van der Waals surface area contributed by atoms with E-state index in [1.807, 2.05) is 0 Å². The van der Waals surface area contributed by atoms with Gasteiger partial charge >= 0.3 is 6.03 Å². The molecule has 0 saturated carbocycles. The van der Waals surface area contributed by atoms with Gasteiger partial charge in [0.2, 0.25) is 0 Å². The van der Waals surface area contributed by atoms with Crippen molar-refractivity contribution in [1.82, 2.24) is 5.32 Å². The minimum atomic E-state index is -0.401. The van der Waals surface area contributed by atoms with E-state index in [1.165, 1.54) is 38.5 Å². The summed E-state index contributed by atoms with van der Waals surface area (Å²) in [6.07, 6.45) is 7.38. The van der Waals surface area contributed by atoms with Gasteiger partial charge in [0.15, 0.2) is 0 Å². The molecule has 3 N–H and O–H groups in total. The predicted octanol–water partition coefficient (Wildman–Crippen LogP) is 2.65. The monoisotopic (exact) mass is 200 g/mol. The first-order valence-corrected chi connectivity index (χ1v) is 5.74. The molecule has 0 bridgehead atoms. The Morgan fingerprint density at radius 2 is 1.93 bits per heavy atom. The van der Waals surface area contributed by atoms with E-state index in [4.69, 9.17) is 5.73 Å². The third-order valence-corrected chi connectivity index (χ3v) is 2.48. The van der Waals surface area contributed by atoms with E-state index in [0.717, 1.165) is 6.54 Å². The maximum Gasteiger partial charge on any atom is 0.312 e. The molecule has 84 valence electrons. The van der Waals surface area contributed by atoms with Gasteiger partial charge in [-0.05, 0) is 18.8 Å². The van der Waals surface area contributed by atoms with E-state index >= 15 is 0 Å². The normalized spacial score (nSPS) is 12.4. The molecule has 14 heavy (non-hydrogen) atoms. The molecule has 0 saturated heterocycles. The first kappa shape index (κ1) is 13.3. The van der Waals surface area contributed by atoms with Gasteiger partial charge in [-0.2, -0.15) is 0 Å². The summed E-state index contributed by atoms with van der Waals surface area (Å²) in [5.74, 6) is 0.610. The average molecular weight is 200 g/mol. The molecule has 0 spiro atoms. The van der Waals surface area contributed by atoms with Crippen LogP contribution in [0.15, 0.2) is 0 Å². The Kier molecular flexibility index (Phi) is 8.39. The lowest BCUT2D eigenvalue weighted by Gasteiger charge is -2.15. The third-order valence-electron chi connectivity index (χ3n) is 2.48. The van der Waals surface area contributed by atoms with E-state index in [-0.39, 0.29) is 0 Å². The van der Waals surface area contributed by atoms with Crippen LogP contribution in [-0.4, -0.2) is 12.6 Å². The summed E-state index contributed by atoms with van der Waals surface area (Å²) in [7, 11) is 0. The van der Waals surface area contributed by atoms with Crippen LogP contribution in [0.5, 0.6) is 0 Å². The number of urea groups is 1. The molecule has 3 heteroatoms. The molecule has 1 atom stereocenters. The number of carbonyl (C=O) groups excluding carboxylic acids is 1. The lowest BCUT2D eigenvalue weighted by molar-refractivity contribution is 0.246. The van der Waals surface area contributed by atoms with Gasteiger partial charge in [-0.3, -0.25) is 0 Å². The Hall–Kier alpha value is -0.730. The molecule has 0 rings (SSSR count). The van der Waals surface area contributed by atoms with Crippen molar-refractivity contribution >= 4 is 6.03 Å². The molecule has 2 amide bonds. The second-order valence-electron chi connectivity index (χ2n) is 3.90. The average Bonchev–Trinajstić information content (AvgIpc) is 2.14. The van der Waals surface area contributed by atoms with Crippen molar-refractivity contribution < 1.29 is 4.79 Å². The van der Waals surface area contributed by atoms with E-state index in [1.54, 1.807) is 0 Å². The summed E-state index contributed by atoms with van der Waals surface area (Å²) in [5.41, 5.74) is 5.04. The van der Waals surface area contributed by atoms with Crippen LogP contribution in [0.3, 0.4) is 0 Å². The fourth-order valence-electron chi connectivity index (χ4n) is 1.68. The van der Waals surface area contributed by atoms with Crippen molar-refractivity contribution in [2.24, 2.45) is 11.7 Å². The molecule has 0 radical (unpaired) electrons. The lowest BCUT2D eigenvalue weighted by atomic mass is 9.96. The first-order valence-electron chi connectivity index (χ1n) is 5.74. The van der Waals surface area contributed by atoms with Crippen molar-refractivity contribution in [3.05, 3.63) is 0 Å². The number of carbonyl (C=O) groups is 1. The zero-order valence-electron chi connectivity index (χ0n) is 9.51. The lowest BCUT2D eigenvalue weighted by Crippen LogP contribution is -2.33. The Balaban J connectivity index is 3.59. The maximum absolute atomic E-state index is 10.5. The first-order chi connectivity index (χ1) is 6.70. The third kappa shape index (κ3) is 7.90. The fourth-order valence-corrected chi connectivity index (χ4v) is 1.68. The molecular weight excluding hydrogens is 176 g/mol. The molecule has 0 aliphatic carbocycles. The SMILES string of the molecule is CCCCCC(CCC)CNC(N)=O. The molecule has 3 nitrogen and oxygen atoms in total. The van der Waals surface area contributed by atoms with Crippen LogP contribution in [0.2, 0.25) is 0 Å². The highest BCUT2D eigenvalue weighted by molar-refractivity contribution is 5.71.